The first-order valence-electron chi connectivity index (χ1n) is 10.4. The summed E-state index contributed by atoms with van der Waals surface area (Å²) in [6, 6.07) is 5.73. The summed E-state index contributed by atoms with van der Waals surface area (Å²) in [6.45, 7) is 0.777. The van der Waals surface area contributed by atoms with E-state index in [0.29, 0.717) is 30.3 Å². The summed E-state index contributed by atoms with van der Waals surface area (Å²) in [5.41, 5.74) is 0. The highest BCUT2D eigenvalue weighted by Gasteiger charge is 2.36. The number of nitrogens with zero attached hydrogens (tertiary/aromatic N) is 2. The molecule has 8 nitrogen and oxygen atoms in total. The van der Waals surface area contributed by atoms with E-state index in [0.717, 1.165) is 33.9 Å². The molecule has 0 aromatic carbocycles. The number of hydrogen-bond donors (Lipinski definition) is 2. The van der Waals surface area contributed by atoms with Gasteiger partial charge in [0, 0.05) is 22.8 Å². The Labute approximate surface area is 199 Å². The van der Waals surface area contributed by atoms with Crippen molar-refractivity contribution in [3.63, 3.8) is 0 Å². The summed E-state index contributed by atoms with van der Waals surface area (Å²) in [5, 5.41) is 9.44. The average molecular weight is 518 g/mol. The van der Waals surface area contributed by atoms with Gasteiger partial charge in [-0.3, -0.25) is 9.59 Å². The van der Waals surface area contributed by atoms with Crippen molar-refractivity contribution in [1.82, 2.24) is 14.5 Å². The molecule has 2 fully saturated rings. The highest BCUT2D eigenvalue weighted by atomic mass is 35.5. The van der Waals surface area contributed by atoms with E-state index in [9.17, 15) is 23.1 Å². The van der Waals surface area contributed by atoms with Crippen LogP contribution in [0, 0.1) is 0 Å². The van der Waals surface area contributed by atoms with E-state index in [1.54, 1.807) is 17.0 Å². The third kappa shape index (κ3) is 5.02. The van der Waals surface area contributed by atoms with Gasteiger partial charge in [-0.1, -0.05) is 11.6 Å². The Morgan fingerprint density at radius 3 is 2.56 bits per heavy atom. The molecule has 2 aromatic rings. The average Bonchev–Trinajstić information content (AvgIpc) is 3.50. The standard InChI is InChI=1S/C20H24ClN3O5S3/c21-17-7-5-15(30-17)16-6-8-19(31-16)32(28,29)22-14-4-2-9-23(20(14)27)11-18(26)24-10-1-3-13(24)12-25/h5-8,13-14,22,25H,1-4,9-12H2/t13-,14-/m0/s1. The normalized spacial score (nSPS) is 22.0. The van der Waals surface area contributed by atoms with Gasteiger partial charge in [0.1, 0.15) is 10.3 Å². The monoisotopic (exact) mass is 517 g/mol. The van der Waals surface area contributed by atoms with Crippen molar-refractivity contribution < 1.29 is 23.1 Å². The Bertz CT molecular complexity index is 1100. The molecule has 32 heavy (non-hydrogen) atoms. The molecule has 2 saturated heterocycles. The zero-order valence-corrected chi connectivity index (χ0v) is 20.4. The Balaban J connectivity index is 1.42. The molecule has 4 heterocycles. The number of carbonyl (C=O) groups excluding carboxylic acids is 2. The highest BCUT2D eigenvalue weighted by Crippen LogP contribution is 2.36. The summed E-state index contributed by atoms with van der Waals surface area (Å²) in [4.78, 5) is 30.3. The lowest BCUT2D eigenvalue weighted by atomic mass is 10.1. The van der Waals surface area contributed by atoms with Crippen LogP contribution in [0.5, 0.6) is 0 Å². The number of nitrogens with one attached hydrogen (secondary N) is 1. The minimum atomic E-state index is -3.89. The third-order valence-corrected chi connectivity index (χ3v) is 10.2. The smallest absolute Gasteiger partial charge is 0.250 e. The zero-order chi connectivity index (χ0) is 22.9. The fourth-order valence-corrected chi connectivity index (χ4v) is 7.78. The van der Waals surface area contributed by atoms with Crippen molar-refractivity contribution in [2.75, 3.05) is 26.2 Å². The van der Waals surface area contributed by atoms with Crippen LogP contribution in [0.4, 0.5) is 0 Å². The first kappa shape index (κ1) is 23.7. The summed E-state index contributed by atoms with van der Waals surface area (Å²) >= 11 is 8.46. The van der Waals surface area contributed by atoms with Crippen LogP contribution >= 0.6 is 34.3 Å². The number of aliphatic hydroxyl groups excluding tert-OH is 1. The topological polar surface area (TPSA) is 107 Å². The molecule has 2 atom stereocenters. The van der Waals surface area contributed by atoms with Crippen molar-refractivity contribution in [2.24, 2.45) is 0 Å². The third-order valence-electron chi connectivity index (χ3n) is 5.72. The van der Waals surface area contributed by atoms with Crippen LogP contribution in [0.15, 0.2) is 28.5 Å². The zero-order valence-electron chi connectivity index (χ0n) is 17.2. The van der Waals surface area contributed by atoms with Gasteiger partial charge >= 0.3 is 0 Å². The number of hydrogen-bond acceptors (Lipinski definition) is 7. The van der Waals surface area contributed by atoms with Crippen molar-refractivity contribution in [2.45, 2.75) is 42.0 Å². The number of aliphatic hydroxyl groups is 1. The summed E-state index contributed by atoms with van der Waals surface area (Å²) in [6.07, 6.45) is 2.55. The summed E-state index contributed by atoms with van der Waals surface area (Å²) in [5.74, 6) is -0.606. The van der Waals surface area contributed by atoms with Gasteiger partial charge in [-0.2, -0.15) is 4.72 Å². The van der Waals surface area contributed by atoms with Gasteiger partial charge in [-0.05, 0) is 49.9 Å². The second-order valence-corrected chi connectivity index (χ2v) is 12.6. The maximum Gasteiger partial charge on any atom is 0.250 e. The van der Waals surface area contributed by atoms with E-state index >= 15 is 0 Å². The summed E-state index contributed by atoms with van der Waals surface area (Å²) in [7, 11) is -3.89. The van der Waals surface area contributed by atoms with Gasteiger partial charge in [0.2, 0.25) is 11.8 Å². The molecular formula is C20H24ClN3O5S3. The predicted molar refractivity (Wildman–Crippen MR) is 124 cm³/mol. The first-order chi connectivity index (χ1) is 15.3. The Kier molecular flexibility index (Phi) is 7.23. The summed E-state index contributed by atoms with van der Waals surface area (Å²) < 4.78 is 29.1. The molecule has 0 spiro atoms. The number of piperidine rings is 1. The van der Waals surface area contributed by atoms with Gasteiger partial charge < -0.3 is 14.9 Å². The molecule has 2 aliphatic rings. The lowest BCUT2D eigenvalue weighted by molar-refractivity contribution is -0.143. The molecule has 0 unspecified atom stereocenters. The molecule has 0 saturated carbocycles. The van der Waals surface area contributed by atoms with E-state index < -0.39 is 22.0 Å². The largest absolute Gasteiger partial charge is 0.394 e. The Morgan fingerprint density at radius 2 is 1.84 bits per heavy atom. The quantitative estimate of drug-likeness (QED) is 0.586. The molecule has 0 bridgehead atoms. The second kappa shape index (κ2) is 9.78. The van der Waals surface area contributed by atoms with E-state index in [1.165, 1.54) is 22.3 Å². The maximum absolute atomic E-state index is 12.9. The van der Waals surface area contributed by atoms with Gasteiger partial charge in [0.15, 0.2) is 0 Å². The molecular weight excluding hydrogens is 494 g/mol. The number of sulfonamides is 1. The van der Waals surface area contributed by atoms with E-state index in [4.69, 9.17) is 11.6 Å². The van der Waals surface area contributed by atoms with Crippen LogP contribution in [-0.4, -0.2) is 73.5 Å². The molecule has 2 amide bonds. The SMILES string of the molecule is O=C1[C@@H](NS(=O)(=O)c2ccc(-c3ccc(Cl)s3)s2)CCCN1CC(=O)N1CCC[C@H]1CO. The number of likely N-dealkylation sites (tertiary alicyclic amines) is 2. The Morgan fingerprint density at radius 1 is 1.12 bits per heavy atom. The Hall–Kier alpha value is -1.50. The molecule has 0 aliphatic carbocycles. The van der Waals surface area contributed by atoms with Crippen LogP contribution in [-0.2, 0) is 19.6 Å². The number of amides is 2. The highest BCUT2D eigenvalue weighted by molar-refractivity contribution is 7.91. The van der Waals surface area contributed by atoms with Gasteiger partial charge in [-0.25, -0.2) is 8.42 Å². The lowest BCUT2D eigenvalue weighted by Crippen LogP contribution is -2.55. The molecule has 2 aliphatic heterocycles. The number of thiophene rings is 2. The maximum atomic E-state index is 12.9. The number of rotatable bonds is 7. The van der Waals surface area contributed by atoms with Crippen LogP contribution in [0.2, 0.25) is 4.34 Å². The minimum Gasteiger partial charge on any atom is -0.394 e. The van der Waals surface area contributed by atoms with Crippen LogP contribution < -0.4 is 4.72 Å². The van der Waals surface area contributed by atoms with Gasteiger partial charge in [0.05, 0.1) is 23.5 Å². The molecule has 0 radical (unpaired) electrons. The van der Waals surface area contributed by atoms with Gasteiger partial charge in [-0.15, -0.1) is 22.7 Å². The van der Waals surface area contributed by atoms with E-state index in [-0.39, 0.29) is 29.3 Å². The van der Waals surface area contributed by atoms with Gasteiger partial charge in [0.25, 0.3) is 10.0 Å². The molecule has 174 valence electrons. The molecule has 12 heteroatoms. The van der Waals surface area contributed by atoms with Crippen molar-refractivity contribution in [1.29, 1.82) is 0 Å². The fraction of sp³-hybridized carbons (Fsp3) is 0.500. The van der Waals surface area contributed by atoms with Crippen molar-refractivity contribution in [3.05, 3.63) is 28.6 Å². The molecule has 4 rings (SSSR count). The van der Waals surface area contributed by atoms with Crippen LogP contribution in [0.25, 0.3) is 9.75 Å². The minimum absolute atomic E-state index is 0.0947. The fourth-order valence-electron chi connectivity index (χ4n) is 4.10. The number of carbonyl (C=O) groups is 2. The lowest BCUT2D eigenvalue weighted by Gasteiger charge is -2.33. The van der Waals surface area contributed by atoms with E-state index in [1.807, 2.05) is 6.07 Å². The second-order valence-electron chi connectivity index (χ2n) is 7.86. The van der Waals surface area contributed by atoms with E-state index in [2.05, 4.69) is 4.72 Å². The van der Waals surface area contributed by atoms with Crippen molar-refractivity contribution >= 4 is 56.1 Å². The molecule has 2 N–H and O–H groups in total. The molecule has 2 aromatic heterocycles. The number of halogens is 1. The first-order valence-corrected chi connectivity index (χ1v) is 13.8. The predicted octanol–water partition coefficient (Wildman–Crippen LogP) is 2.38. The van der Waals surface area contributed by atoms with Crippen LogP contribution in [0.1, 0.15) is 25.7 Å². The van der Waals surface area contributed by atoms with Crippen molar-refractivity contribution in [3.8, 4) is 9.75 Å². The van der Waals surface area contributed by atoms with Crippen LogP contribution in [0.3, 0.4) is 0 Å².